The van der Waals surface area contributed by atoms with Gasteiger partial charge in [0.2, 0.25) is 0 Å². The maximum absolute atomic E-state index is 12.4. The van der Waals surface area contributed by atoms with E-state index in [1.54, 1.807) is 18.2 Å². The van der Waals surface area contributed by atoms with Crippen LogP contribution >= 0.6 is 0 Å². The van der Waals surface area contributed by atoms with Gasteiger partial charge in [-0.05, 0) is 55.8 Å². The fraction of sp³-hybridized carbons (Fsp3) is 0.350. The molecule has 2 aromatic rings. The van der Waals surface area contributed by atoms with Crippen molar-refractivity contribution in [2.75, 3.05) is 31.7 Å². The second kappa shape index (κ2) is 10.4. The zero-order valence-electron chi connectivity index (χ0n) is 14.8. The molecule has 2 aromatic carbocycles. The highest BCUT2D eigenvalue weighted by molar-refractivity contribution is 6.04. The van der Waals surface area contributed by atoms with Gasteiger partial charge in [0.05, 0.1) is 13.2 Å². The van der Waals surface area contributed by atoms with Crippen molar-refractivity contribution in [3.63, 3.8) is 0 Å². The van der Waals surface area contributed by atoms with Crippen molar-refractivity contribution in [3.05, 3.63) is 54.1 Å². The van der Waals surface area contributed by atoms with Gasteiger partial charge in [-0.25, -0.2) is 0 Å². The standard InChI is InChI=1S/C20H25NO4/c1-3-12-24-18-10-8-17(9-11-18)21-20(22)16-6-5-7-19(15-16)25-14-13-23-4-2/h5-11,15H,3-4,12-14H2,1-2H3,(H,21,22). The molecule has 5 heteroatoms. The highest BCUT2D eigenvalue weighted by atomic mass is 16.5. The molecule has 0 aliphatic heterocycles. The van der Waals surface area contributed by atoms with E-state index in [9.17, 15) is 4.79 Å². The van der Waals surface area contributed by atoms with Gasteiger partial charge in [0.25, 0.3) is 5.91 Å². The largest absolute Gasteiger partial charge is 0.494 e. The van der Waals surface area contributed by atoms with Gasteiger partial charge in [-0.1, -0.05) is 13.0 Å². The SMILES string of the molecule is CCCOc1ccc(NC(=O)c2cccc(OCCOCC)c2)cc1. The summed E-state index contributed by atoms with van der Waals surface area (Å²) in [5.41, 5.74) is 1.26. The number of rotatable bonds is 10. The van der Waals surface area contributed by atoms with Crippen LogP contribution in [0.1, 0.15) is 30.6 Å². The van der Waals surface area contributed by atoms with Gasteiger partial charge in [0.15, 0.2) is 0 Å². The Labute approximate surface area is 148 Å². The Morgan fingerprint density at radius 2 is 1.68 bits per heavy atom. The lowest BCUT2D eigenvalue weighted by atomic mass is 10.2. The van der Waals surface area contributed by atoms with Crippen molar-refractivity contribution in [2.24, 2.45) is 0 Å². The maximum atomic E-state index is 12.4. The highest BCUT2D eigenvalue weighted by Crippen LogP contribution is 2.18. The molecule has 0 atom stereocenters. The smallest absolute Gasteiger partial charge is 0.255 e. The monoisotopic (exact) mass is 343 g/mol. The Balaban J connectivity index is 1.91. The molecule has 0 aliphatic carbocycles. The number of amides is 1. The number of carbonyl (C=O) groups is 1. The third-order valence-corrected chi connectivity index (χ3v) is 3.38. The van der Waals surface area contributed by atoms with Gasteiger partial charge >= 0.3 is 0 Å². The van der Waals surface area contributed by atoms with E-state index < -0.39 is 0 Å². The summed E-state index contributed by atoms with van der Waals surface area (Å²) in [6.07, 6.45) is 0.960. The quantitative estimate of drug-likeness (QED) is 0.659. The molecule has 0 heterocycles. The molecule has 0 aliphatic rings. The average Bonchev–Trinajstić information content (AvgIpc) is 2.65. The Hall–Kier alpha value is -2.53. The van der Waals surface area contributed by atoms with Gasteiger partial charge in [-0.2, -0.15) is 0 Å². The molecule has 25 heavy (non-hydrogen) atoms. The third kappa shape index (κ3) is 6.47. The van der Waals surface area contributed by atoms with Crippen LogP contribution in [0.4, 0.5) is 5.69 Å². The number of hydrogen-bond donors (Lipinski definition) is 1. The molecule has 0 spiro atoms. The molecule has 0 saturated carbocycles. The lowest BCUT2D eigenvalue weighted by Gasteiger charge is -2.10. The first-order chi connectivity index (χ1) is 12.2. The molecule has 0 fully saturated rings. The number of benzene rings is 2. The van der Waals surface area contributed by atoms with E-state index in [0.717, 1.165) is 17.9 Å². The molecular formula is C20H25NO4. The van der Waals surface area contributed by atoms with Crippen LogP contribution in [0.2, 0.25) is 0 Å². The number of anilines is 1. The third-order valence-electron chi connectivity index (χ3n) is 3.38. The minimum absolute atomic E-state index is 0.183. The Morgan fingerprint density at radius 3 is 2.40 bits per heavy atom. The van der Waals surface area contributed by atoms with Gasteiger partial charge in [-0.3, -0.25) is 4.79 Å². The first-order valence-electron chi connectivity index (χ1n) is 8.57. The Bertz CT molecular complexity index is 655. The van der Waals surface area contributed by atoms with Crippen LogP contribution in [0.3, 0.4) is 0 Å². The molecule has 0 aromatic heterocycles. The van der Waals surface area contributed by atoms with Crippen molar-refractivity contribution in [2.45, 2.75) is 20.3 Å². The van der Waals surface area contributed by atoms with Gasteiger partial charge in [-0.15, -0.1) is 0 Å². The maximum Gasteiger partial charge on any atom is 0.255 e. The van der Waals surface area contributed by atoms with Gasteiger partial charge < -0.3 is 19.5 Å². The van der Waals surface area contributed by atoms with Crippen molar-refractivity contribution < 1.29 is 19.0 Å². The first-order valence-corrected chi connectivity index (χ1v) is 8.57. The summed E-state index contributed by atoms with van der Waals surface area (Å²) in [5, 5.41) is 2.87. The second-order valence-electron chi connectivity index (χ2n) is 5.40. The summed E-state index contributed by atoms with van der Waals surface area (Å²) in [7, 11) is 0. The van der Waals surface area contributed by atoms with E-state index in [-0.39, 0.29) is 5.91 Å². The van der Waals surface area contributed by atoms with E-state index in [0.29, 0.717) is 37.7 Å². The topological polar surface area (TPSA) is 56.8 Å². The lowest BCUT2D eigenvalue weighted by molar-refractivity contribution is 0.102. The number of carbonyl (C=O) groups excluding carboxylic acids is 1. The minimum atomic E-state index is -0.183. The van der Waals surface area contributed by atoms with Crippen molar-refractivity contribution in [1.82, 2.24) is 0 Å². The van der Waals surface area contributed by atoms with Crippen LogP contribution in [0, 0.1) is 0 Å². The second-order valence-corrected chi connectivity index (χ2v) is 5.40. The summed E-state index contributed by atoms with van der Waals surface area (Å²) < 4.78 is 16.3. The molecule has 0 radical (unpaired) electrons. The predicted molar refractivity (Wildman–Crippen MR) is 98.6 cm³/mol. The molecular weight excluding hydrogens is 318 g/mol. The van der Waals surface area contributed by atoms with Crippen LogP contribution in [0.15, 0.2) is 48.5 Å². The fourth-order valence-corrected chi connectivity index (χ4v) is 2.15. The summed E-state index contributed by atoms with van der Waals surface area (Å²) in [6.45, 7) is 6.32. The van der Waals surface area contributed by atoms with Gasteiger partial charge in [0.1, 0.15) is 18.1 Å². The normalized spacial score (nSPS) is 10.3. The predicted octanol–water partition coefficient (Wildman–Crippen LogP) is 4.14. The minimum Gasteiger partial charge on any atom is -0.494 e. The molecule has 0 bridgehead atoms. The molecule has 5 nitrogen and oxygen atoms in total. The lowest BCUT2D eigenvalue weighted by Crippen LogP contribution is -2.12. The Kier molecular flexibility index (Phi) is 7.79. The molecule has 0 saturated heterocycles. The number of nitrogens with one attached hydrogen (secondary N) is 1. The van der Waals surface area contributed by atoms with Crippen LogP contribution in [-0.2, 0) is 4.74 Å². The van der Waals surface area contributed by atoms with Gasteiger partial charge in [0, 0.05) is 17.9 Å². The molecule has 1 N–H and O–H groups in total. The van der Waals surface area contributed by atoms with Crippen LogP contribution in [0.25, 0.3) is 0 Å². The molecule has 134 valence electrons. The van der Waals surface area contributed by atoms with Crippen LogP contribution in [-0.4, -0.2) is 32.3 Å². The van der Waals surface area contributed by atoms with E-state index in [1.165, 1.54) is 0 Å². The highest BCUT2D eigenvalue weighted by Gasteiger charge is 2.07. The van der Waals surface area contributed by atoms with Crippen LogP contribution < -0.4 is 14.8 Å². The van der Waals surface area contributed by atoms with E-state index in [1.807, 2.05) is 37.3 Å². The Morgan fingerprint density at radius 1 is 0.920 bits per heavy atom. The van der Waals surface area contributed by atoms with Crippen molar-refractivity contribution >= 4 is 11.6 Å². The summed E-state index contributed by atoms with van der Waals surface area (Å²) in [4.78, 5) is 12.4. The van der Waals surface area contributed by atoms with Crippen molar-refractivity contribution in [3.8, 4) is 11.5 Å². The van der Waals surface area contributed by atoms with Crippen LogP contribution in [0.5, 0.6) is 11.5 Å². The van der Waals surface area contributed by atoms with Crippen molar-refractivity contribution in [1.29, 1.82) is 0 Å². The first kappa shape index (κ1) is 18.8. The number of hydrogen-bond acceptors (Lipinski definition) is 4. The summed E-state index contributed by atoms with van der Waals surface area (Å²) >= 11 is 0. The number of ether oxygens (including phenoxy) is 3. The molecule has 0 unspecified atom stereocenters. The zero-order valence-corrected chi connectivity index (χ0v) is 14.8. The van der Waals surface area contributed by atoms with E-state index in [2.05, 4.69) is 12.2 Å². The van der Waals surface area contributed by atoms with E-state index >= 15 is 0 Å². The summed E-state index contributed by atoms with van der Waals surface area (Å²) in [6, 6.07) is 14.4. The zero-order chi connectivity index (χ0) is 17.9. The fourth-order valence-electron chi connectivity index (χ4n) is 2.15. The molecule has 2 rings (SSSR count). The molecule has 1 amide bonds. The van der Waals surface area contributed by atoms with E-state index in [4.69, 9.17) is 14.2 Å². The average molecular weight is 343 g/mol. The summed E-state index contributed by atoms with van der Waals surface area (Å²) in [5.74, 6) is 1.26.